The fraction of sp³-hybridized carbons (Fsp3) is 0.933. The number of hydrogen-bond acceptors (Lipinski definition) is 8. The summed E-state index contributed by atoms with van der Waals surface area (Å²) in [5.74, 6) is 0.564. The third-order valence-electron chi connectivity index (χ3n) is 7.81. The monoisotopic (exact) mass is 570 g/mol. The van der Waals surface area contributed by atoms with E-state index in [1.165, 1.54) is 26.2 Å². The van der Waals surface area contributed by atoms with Crippen molar-refractivity contribution in [1.29, 1.82) is 0 Å². The van der Waals surface area contributed by atoms with Gasteiger partial charge in [0, 0.05) is 103 Å². The molecule has 0 aromatic rings. The van der Waals surface area contributed by atoms with Crippen LogP contribution in [0.3, 0.4) is 0 Å². The number of piperazine rings is 2. The first-order chi connectivity index (χ1) is 18.9. The summed E-state index contributed by atoms with van der Waals surface area (Å²) in [7, 11) is 4.27. The van der Waals surface area contributed by atoms with E-state index in [0.717, 1.165) is 71.6 Å². The van der Waals surface area contributed by atoms with Crippen LogP contribution in [-0.4, -0.2) is 172 Å². The molecule has 236 valence electrons. The Morgan fingerprint density at radius 1 is 0.525 bits per heavy atom. The number of carbonyl (C=O) groups excluding carboxylic acids is 2. The fourth-order valence-electron chi connectivity index (χ4n) is 4.70. The van der Waals surface area contributed by atoms with Crippen LogP contribution in [0.2, 0.25) is 0 Å². The van der Waals surface area contributed by atoms with E-state index in [4.69, 9.17) is 9.47 Å². The number of likely N-dealkylation sites (N-methyl/N-ethyl adjacent to an activating group) is 2. The molecule has 2 amide bonds. The van der Waals surface area contributed by atoms with Crippen molar-refractivity contribution in [1.82, 2.24) is 29.4 Å². The molecule has 0 aromatic heterocycles. The van der Waals surface area contributed by atoms with Crippen LogP contribution in [0.1, 0.15) is 48.5 Å². The summed E-state index contributed by atoms with van der Waals surface area (Å²) in [5, 5.41) is 0. The van der Waals surface area contributed by atoms with Crippen LogP contribution in [-0.2, 0) is 19.1 Å². The predicted octanol–water partition coefficient (Wildman–Crippen LogP) is 1.65. The van der Waals surface area contributed by atoms with Gasteiger partial charge in [0.15, 0.2) is 0 Å². The Bertz CT molecular complexity index is 665. The van der Waals surface area contributed by atoms with Gasteiger partial charge in [-0.05, 0) is 41.8 Å². The number of carbonyl (C=O) groups is 2. The average Bonchev–Trinajstić information content (AvgIpc) is 2.95. The lowest BCUT2D eigenvalue weighted by atomic mass is 10.2. The van der Waals surface area contributed by atoms with E-state index >= 15 is 0 Å². The van der Waals surface area contributed by atoms with E-state index in [-0.39, 0.29) is 17.7 Å². The van der Waals surface area contributed by atoms with Crippen molar-refractivity contribution in [2.24, 2.45) is 5.92 Å². The lowest BCUT2D eigenvalue weighted by molar-refractivity contribution is -0.138. The van der Waals surface area contributed by atoms with Gasteiger partial charge in [0.1, 0.15) is 0 Å². The summed E-state index contributed by atoms with van der Waals surface area (Å²) < 4.78 is 10.3. The number of amides is 2. The normalized spacial score (nSPS) is 21.7. The lowest BCUT2D eigenvalue weighted by Crippen LogP contribution is -2.47. The molecule has 0 bridgehead atoms. The van der Waals surface area contributed by atoms with Crippen LogP contribution in [0.4, 0.5) is 0 Å². The highest BCUT2D eigenvalue weighted by Gasteiger charge is 2.19. The largest absolute Gasteiger partial charge is 0.379 e. The van der Waals surface area contributed by atoms with Crippen LogP contribution < -0.4 is 0 Å². The Labute approximate surface area is 245 Å². The third kappa shape index (κ3) is 15.6. The molecule has 0 unspecified atom stereocenters. The SMILES string of the molecule is CC(=O)N1CCN(C)CC1.CC(C)C(=O)N1CCOCC1.CC(C)N1CCN(C)CC1.CC(C)N1CCOCC1. The molecule has 0 N–H and O–H groups in total. The number of rotatable bonds is 3. The van der Waals surface area contributed by atoms with Gasteiger partial charge in [0.2, 0.25) is 11.8 Å². The molecular formula is C30H62N6O4. The molecule has 10 heteroatoms. The first-order valence-electron chi connectivity index (χ1n) is 15.5. The highest BCUT2D eigenvalue weighted by molar-refractivity contribution is 5.78. The molecule has 4 heterocycles. The molecule has 4 saturated heterocycles. The molecule has 10 nitrogen and oxygen atoms in total. The van der Waals surface area contributed by atoms with E-state index in [0.29, 0.717) is 19.3 Å². The molecule has 0 atom stereocenters. The Kier molecular flexibility index (Phi) is 18.9. The maximum absolute atomic E-state index is 11.4. The topological polar surface area (TPSA) is 72.0 Å². The molecule has 40 heavy (non-hydrogen) atoms. The summed E-state index contributed by atoms with van der Waals surface area (Å²) >= 11 is 0. The molecular weight excluding hydrogens is 508 g/mol. The maximum atomic E-state index is 11.4. The molecule has 4 aliphatic rings. The van der Waals surface area contributed by atoms with Crippen LogP contribution >= 0.6 is 0 Å². The zero-order valence-electron chi connectivity index (χ0n) is 27.4. The lowest BCUT2D eigenvalue weighted by Gasteiger charge is -2.34. The van der Waals surface area contributed by atoms with Crippen molar-refractivity contribution in [3.05, 3.63) is 0 Å². The predicted molar refractivity (Wildman–Crippen MR) is 164 cm³/mol. The van der Waals surface area contributed by atoms with Gasteiger partial charge in [0.25, 0.3) is 0 Å². The third-order valence-corrected chi connectivity index (χ3v) is 7.81. The van der Waals surface area contributed by atoms with Crippen molar-refractivity contribution in [3.63, 3.8) is 0 Å². The molecule has 4 fully saturated rings. The van der Waals surface area contributed by atoms with Gasteiger partial charge in [-0.15, -0.1) is 0 Å². The molecule has 4 rings (SSSR count). The van der Waals surface area contributed by atoms with Crippen molar-refractivity contribution in [2.75, 3.05) is 119 Å². The molecule has 0 radical (unpaired) electrons. The molecule has 0 aromatic carbocycles. The molecule has 0 spiro atoms. The second-order valence-electron chi connectivity index (χ2n) is 12.1. The number of morpholine rings is 2. The highest BCUT2D eigenvalue weighted by atomic mass is 16.5. The Balaban J connectivity index is 0.000000267. The van der Waals surface area contributed by atoms with E-state index < -0.39 is 0 Å². The van der Waals surface area contributed by atoms with Gasteiger partial charge < -0.3 is 29.1 Å². The maximum Gasteiger partial charge on any atom is 0.225 e. The van der Waals surface area contributed by atoms with Crippen LogP contribution in [0.5, 0.6) is 0 Å². The zero-order chi connectivity index (χ0) is 30.1. The van der Waals surface area contributed by atoms with Crippen LogP contribution in [0.15, 0.2) is 0 Å². The highest BCUT2D eigenvalue weighted by Crippen LogP contribution is 2.05. The number of ether oxygens (including phenoxy) is 2. The van der Waals surface area contributed by atoms with Gasteiger partial charge in [-0.2, -0.15) is 0 Å². The van der Waals surface area contributed by atoms with Gasteiger partial charge in [-0.3, -0.25) is 19.4 Å². The van der Waals surface area contributed by atoms with E-state index in [1.54, 1.807) is 6.92 Å². The second-order valence-corrected chi connectivity index (χ2v) is 12.1. The summed E-state index contributed by atoms with van der Waals surface area (Å²) in [4.78, 5) is 35.5. The van der Waals surface area contributed by atoms with E-state index in [2.05, 4.69) is 61.4 Å². The van der Waals surface area contributed by atoms with Gasteiger partial charge >= 0.3 is 0 Å². The smallest absolute Gasteiger partial charge is 0.225 e. The standard InChI is InChI=1S/C8H18N2.C8H15NO2.C7H14N2O.C7H15NO/c1-8(2)10-6-4-9(3)5-7-10;1-7(2)8(10)9-3-5-11-6-4-9;1-7(10)9-5-3-8(2)4-6-9;1-7(2)8-3-5-9-6-4-8/h8H,4-7H2,1-3H3;7H,3-6H2,1-2H3;3-6H2,1-2H3;7H,3-6H2,1-2H3. The second kappa shape index (κ2) is 20.6. The fourth-order valence-corrected chi connectivity index (χ4v) is 4.70. The first kappa shape index (κ1) is 36.7. The Morgan fingerprint density at radius 3 is 1.25 bits per heavy atom. The first-order valence-corrected chi connectivity index (χ1v) is 15.5. The summed E-state index contributed by atoms with van der Waals surface area (Å²) in [6, 6.07) is 1.42. The van der Waals surface area contributed by atoms with Gasteiger partial charge in [-0.1, -0.05) is 13.8 Å². The van der Waals surface area contributed by atoms with Gasteiger partial charge in [-0.25, -0.2) is 0 Å². The molecule has 0 saturated carbocycles. The summed E-state index contributed by atoms with van der Waals surface area (Å²) in [6.07, 6.45) is 0. The van der Waals surface area contributed by atoms with E-state index in [9.17, 15) is 9.59 Å². The van der Waals surface area contributed by atoms with Crippen molar-refractivity contribution in [2.45, 2.75) is 60.5 Å². The minimum atomic E-state index is 0.119. The minimum Gasteiger partial charge on any atom is -0.379 e. The number of nitrogens with zero attached hydrogens (tertiary/aromatic N) is 6. The minimum absolute atomic E-state index is 0.119. The van der Waals surface area contributed by atoms with Crippen LogP contribution in [0.25, 0.3) is 0 Å². The Morgan fingerprint density at radius 2 is 0.900 bits per heavy atom. The molecule has 0 aliphatic carbocycles. The summed E-state index contributed by atoms with van der Waals surface area (Å²) in [5.41, 5.74) is 0. The van der Waals surface area contributed by atoms with E-state index in [1.807, 2.05) is 23.6 Å². The zero-order valence-corrected chi connectivity index (χ0v) is 27.4. The molecule has 4 aliphatic heterocycles. The quantitative estimate of drug-likeness (QED) is 0.508. The van der Waals surface area contributed by atoms with Gasteiger partial charge in [0.05, 0.1) is 26.4 Å². The number of hydrogen-bond donors (Lipinski definition) is 0. The average molecular weight is 571 g/mol. The van der Waals surface area contributed by atoms with Crippen molar-refractivity contribution in [3.8, 4) is 0 Å². The van der Waals surface area contributed by atoms with Crippen molar-refractivity contribution >= 4 is 11.8 Å². The Hall–Kier alpha value is -1.30. The van der Waals surface area contributed by atoms with Crippen molar-refractivity contribution < 1.29 is 19.1 Å². The summed E-state index contributed by atoms with van der Waals surface area (Å²) in [6.45, 7) is 30.2. The van der Waals surface area contributed by atoms with Crippen LogP contribution in [0, 0.1) is 5.92 Å².